The van der Waals surface area contributed by atoms with E-state index in [4.69, 9.17) is 4.74 Å². The molecule has 0 radical (unpaired) electrons. The van der Waals surface area contributed by atoms with Crippen molar-refractivity contribution in [3.8, 4) is 5.75 Å². The average Bonchev–Trinajstić information content (AvgIpc) is 2.88. The fourth-order valence-corrected chi connectivity index (χ4v) is 4.89. The fourth-order valence-electron chi connectivity index (χ4n) is 4.89. The van der Waals surface area contributed by atoms with E-state index in [2.05, 4.69) is 4.90 Å². The van der Waals surface area contributed by atoms with E-state index in [0.717, 1.165) is 19.2 Å². The van der Waals surface area contributed by atoms with Gasteiger partial charge in [0.05, 0.1) is 17.7 Å². The average molecular weight is 504 g/mol. The van der Waals surface area contributed by atoms with Crippen LogP contribution in [0.2, 0.25) is 0 Å². The van der Waals surface area contributed by atoms with Crippen LogP contribution in [0.1, 0.15) is 35.2 Å². The Kier molecular flexibility index (Phi) is 7.88. The van der Waals surface area contributed by atoms with Crippen molar-refractivity contribution in [2.75, 3.05) is 52.9 Å². The normalized spacial score (nSPS) is 18.7. The predicted molar refractivity (Wildman–Crippen MR) is 130 cm³/mol. The third-order valence-electron chi connectivity index (χ3n) is 7.24. The number of carbonyl (C=O) groups excluding carboxylic acids is 2. The Morgan fingerprint density at radius 2 is 1.47 bits per heavy atom. The maximum Gasteiger partial charge on any atom is 0.417 e. The number of likely N-dealkylation sites (N-methyl/N-ethyl adjacent to an activating group) is 1. The second kappa shape index (κ2) is 10.9. The molecule has 0 aromatic heterocycles. The van der Waals surface area contributed by atoms with Crippen LogP contribution >= 0.6 is 0 Å². The summed E-state index contributed by atoms with van der Waals surface area (Å²) in [4.78, 5) is 31.8. The number of rotatable bonds is 6. The topological polar surface area (TPSA) is 53.1 Å². The van der Waals surface area contributed by atoms with E-state index in [1.807, 2.05) is 42.3 Å². The summed E-state index contributed by atoms with van der Waals surface area (Å²) in [5.74, 6) is 0.120. The summed E-state index contributed by atoms with van der Waals surface area (Å²) in [5.41, 5.74) is -1.77. The first kappa shape index (κ1) is 26.0. The highest BCUT2D eigenvalue weighted by Crippen LogP contribution is 2.38. The van der Waals surface area contributed by atoms with Gasteiger partial charge in [0.1, 0.15) is 5.75 Å². The van der Waals surface area contributed by atoms with Crippen LogP contribution in [-0.4, -0.2) is 79.4 Å². The van der Waals surface area contributed by atoms with Gasteiger partial charge >= 0.3 is 6.18 Å². The van der Waals surface area contributed by atoms with Crippen molar-refractivity contribution in [1.82, 2.24) is 14.7 Å². The number of para-hydroxylation sites is 1. The number of hydrogen-bond acceptors (Lipinski definition) is 4. The van der Waals surface area contributed by atoms with Gasteiger partial charge in [-0.3, -0.25) is 9.59 Å². The van der Waals surface area contributed by atoms with Crippen LogP contribution in [0.5, 0.6) is 5.75 Å². The second-order valence-electron chi connectivity index (χ2n) is 9.80. The third-order valence-corrected chi connectivity index (χ3v) is 7.24. The maximum absolute atomic E-state index is 13.5. The summed E-state index contributed by atoms with van der Waals surface area (Å²) in [6.07, 6.45) is -3.38. The second-order valence-corrected chi connectivity index (χ2v) is 9.80. The van der Waals surface area contributed by atoms with Gasteiger partial charge in [-0.1, -0.05) is 30.3 Å². The Hall–Kier alpha value is -3.07. The lowest BCUT2D eigenvalue weighted by atomic mass is 9.75. The summed E-state index contributed by atoms with van der Waals surface area (Å²) in [5, 5.41) is 0. The van der Waals surface area contributed by atoms with Crippen molar-refractivity contribution in [2.24, 2.45) is 5.41 Å². The lowest BCUT2D eigenvalue weighted by Gasteiger charge is -2.43. The zero-order chi connectivity index (χ0) is 25.8. The summed E-state index contributed by atoms with van der Waals surface area (Å²) in [7, 11) is 2.03. The Morgan fingerprint density at radius 3 is 2.11 bits per heavy atom. The number of halogens is 3. The molecule has 0 unspecified atom stereocenters. The van der Waals surface area contributed by atoms with Crippen LogP contribution in [0.25, 0.3) is 0 Å². The lowest BCUT2D eigenvalue weighted by Crippen LogP contribution is -2.51. The first-order chi connectivity index (χ1) is 17.2. The highest BCUT2D eigenvalue weighted by molar-refractivity contribution is 5.96. The summed E-state index contributed by atoms with van der Waals surface area (Å²) >= 11 is 0. The van der Waals surface area contributed by atoms with Gasteiger partial charge in [-0.25, -0.2) is 0 Å². The monoisotopic (exact) mass is 503 g/mol. The van der Waals surface area contributed by atoms with Gasteiger partial charge in [-0.15, -0.1) is 0 Å². The van der Waals surface area contributed by atoms with Crippen molar-refractivity contribution in [1.29, 1.82) is 0 Å². The lowest BCUT2D eigenvalue weighted by molar-refractivity contribution is -0.138. The number of piperidine rings is 1. The van der Waals surface area contributed by atoms with Crippen LogP contribution in [0.15, 0.2) is 54.6 Å². The van der Waals surface area contributed by atoms with Gasteiger partial charge in [-0.2, -0.15) is 13.2 Å². The molecule has 2 aromatic rings. The highest BCUT2D eigenvalue weighted by Gasteiger charge is 2.42. The number of ether oxygens (including phenoxy) is 1. The van der Waals surface area contributed by atoms with Gasteiger partial charge in [0.2, 0.25) is 5.91 Å². The molecule has 4 rings (SSSR count). The summed E-state index contributed by atoms with van der Waals surface area (Å²) in [6.45, 7) is 3.81. The van der Waals surface area contributed by atoms with Gasteiger partial charge in [0.15, 0.2) is 0 Å². The molecule has 2 aliphatic rings. The van der Waals surface area contributed by atoms with Crippen LogP contribution < -0.4 is 4.74 Å². The number of alkyl halides is 3. The molecule has 0 bridgehead atoms. The third kappa shape index (κ3) is 6.19. The Bertz CT molecular complexity index is 1040. The molecule has 0 N–H and O–H groups in total. The largest absolute Gasteiger partial charge is 0.493 e. The van der Waals surface area contributed by atoms with E-state index in [-0.39, 0.29) is 31.0 Å². The van der Waals surface area contributed by atoms with Crippen molar-refractivity contribution in [3.63, 3.8) is 0 Å². The van der Waals surface area contributed by atoms with E-state index in [1.165, 1.54) is 23.1 Å². The van der Waals surface area contributed by atoms with Crippen molar-refractivity contribution in [3.05, 3.63) is 65.7 Å². The number of hydrogen-bond donors (Lipinski definition) is 0. The molecule has 36 heavy (non-hydrogen) atoms. The minimum atomic E-state index is -4.61. The Balaban J connectivity index is 1.47. The highest BCUT2D eigenvalue weighted by atomic mass is 19.4. The van der Waals surface area contributed by atoms with E-state index in [1.54, 1.807) is 0 Å². The van der Waals surface area contributed by atoms with Crippen LogP contribution in [0.3, 0.4) is 0 Å². The molecule has 6 nitrogen and oxygen atoms in total. The molecule has 0 saturated carbocycles. The van der Waals surface area contributed by atoms with Crippen LogP contribution in [0.4, 0.5) is 13.2 Å². The number of likely N-dealkylation sites (tertiary alicyclic amines) is 1. The molecular formula is C27H32F3N3O3. The summed E-state index contributed by atoms with van der Waals surface area (Å²) in [6, 6.07) is 14.2. The first-order valence-electron chi connectivity index (χ1n) is 12.3. The number of amides is 2. The maximum atomic E-state index is 13.5. The quantitative estimate of drug-likeness (QED) is 0.594. The standard InChI is InChI=1S/C27H32F3N3O3/c1-31-15-17-32(18-16-31)24(34)19-26(20-36-21-7-3-2-4-8-21)11-13-33(14-12-26)25(35)22-9-5-6-10-23(22)27(28,29)30/h2-10H,11-20H2,1H3. The minimum absolute atomic E-state index is 0.0574. The van der Waals surface area contributed by atoms with Gasteiger partial charge < -0.3 is 19.4 Å². The van der Waals surface area contributed by atoms with E-state index >= 15 is 0 Å². The molecule has 2 aromatic carbocycles. The predicted octanol–water partition coefficient (Wildman–Crippen LogP) is 4.17. The van der Waals surface area contributed by atoms with Crippen molar-refractivity contribution in [2.45, 2.75) is 25.4 Å². The molecule has 2 amide bonds. The zero-order valence-corrected chi connectivity index (χ0v) is 20.5. The molecule has 2 aliphatic heterocycles. The first-order valence-corrected chi connectivity index (χ1v) is 12.3. The number of nitrogens with zero attached hydrogens (tertiary/aromatic N) is 3. The molecule has 0 aliphatic carbocycles. The van der Waals surface area contributed by atoms with Crippen molar-refractivity contribution >= 4 is 11.8 Å². The summed E-state index contributed by atoms with van der Waals surface area (Å²) < 4.78 is 46.5. The number of benzene rings is 2. The SMILES string of the molecule is CN1CCN(C(=O)CC2(COc3ccccc3)CCN(C(=O)c3ccccc3C(F)(F)F)CC2)CC1. The molecule has 2 fully saturated rings. The molecule has 2 heterocycles. The van der Waals surface area contributed by atoms with Crippen LogP contribution in [0, 0.1) is 5.41 Å². The zero-order valence-electron chi connectivity index (χ0n) is 20.5. The van der Waals surface area contributed by atoms with E-state index in [9.17, 15) is 22.8 Å². The van der Waals surface area contributed by atoms with Gasteiger partial charge in [-0.05, 0) is 44.2 Å². The molecule has 0 atom stereocenters. The molecule has 194 valence electrons. The smallest absolute Gasteiger partial charge is 0.417 e. The fraction of sp³-hybridized carbons (Fsp3) is 0.481. The van der Waals surface area contributed by atoms with E-state index in [0.29, 0.717) is 38.3 Å². The van der Waals surface area contributed by atoms with E-state index < -0.39 is 23.1 Å². The number of piperazine rings is 1. The molecule has 9 heteroatoms. The van der Waals surface area contributed by atoms with Gasteiger partial charge in [0, 0.05) is 51.1 Å². The molecule has 0 spiro atoms. The Labute approximate surface area is 209 Å². The van der Waals surface area contributed by atoms with Gasteiger partial charge in [0.25, 0.3) is 5.91 Å². The number of carbonyl (C=O) groups is 2. The molecular weight excluding hydrogens is 471 g/mol. The minimum Gasteiger partial charge on any atom is -0.493 e. The van der Waals surface area contributed by atoms with Crippen LogP contribution in [-0.2, 0) is 11.0 Å². The Morgan fingerprint density at radius 1 is 0.861 bits per heavy atom. The molecule has 2 saturated heterocycles. The van der Waals surface area contributed by atoms with Crippen molar-refractivity contribution < 1.29 is 27.5 Å².